The molecule has 2 atom stereocenters. The van der Waals surface area contributed by atoms with Crippen LogP contribution in [-0.4, -0.2) is 36.5 Å². The first-order chi connectivity index (χ1) is 12.4. The minimum atomic E-state index is 0.0943. The van der Waals surface area contributed by atoms with Crippen molar-refractivity contribution in [2.75, 3.05) is 30.3 Å². The molecule has 0 spiro atoms. The van der Waals surface area contributed by atoms with Gasteiger partial charge in [0.05, 0.1) is 6.61 Å². The molecule has 0 saturated carbocycles. The van der Waals surface area contributed by atoms with Gasteiger partial charge >= 0.3 is 0 Å². The van der Waals surface area contributed by atoms with Crippen LogP contribution in [0.5, 0.6) is 0 Å². The molecular formula is C21H24N2OS. The van der Waals surface area contributed by atoms with E-state index in [1.165, 1.54) is 46.7 Å². The van der Waals surface area contributed by atoms with E-state index in [0.29, 0.717) is 12.0 Å². The maximum Gasteiger partial charge on any atom is 0.0687 e. The van der Waals surface area contributed by atoms with Gasteiger partial charge in [0, 0.05) is 42.2 Å². The van der Waals surface area contributed by atoms with Crippen molar-refractivity contribution in [3.05, 3.63) is 53.1 Å². The second-order valence-electron chi connectivity index (χ2n) is 7.30. The molecule has 3 aliphatic heterocycles. The standard InChI is InChI=1S/C21H24N2OS/c24-12-14-3-1-2-4-17(14)15-9-16-13-25-8-7-23-20-5-6-22-11-19(20)18(10-15)21(16)23/h1-4,9-10,19-20,22,24H,5-8,11-13H2/t19-,20-/m0/s1. The minimum absolute atomic E-state index is 0.0943. The number of nitrogens with one attached hydrogen (secondary N) is 1. The molecule has 1 saturated heterocycles. The molecule has 1 fully saturated rings. The Balaban J connectivity index is 1.69. The summed E-state index contributed by atoms with van der Waals surface area (Å²) in [7, 11) is 0. The Hall–Kier alpha value is -1.49. The lowest BCUT2D eigenvalue weighted by Gasteiger charge is -2.33. The van der Waals surface area contributed by atoms with Gasteiger partial charge in [-0.2, -0.15) is 11.8 Å². The number of thioether (sulfide) groups is 1. The molecule has 130 valence electrons. The van der Waals surface area contributed by atoms with Gasteiger partial charge in [-0.05, 0) is 52.9 Å². The fourth-order valence-electron chi connectivity index (χ4n) is 4.88. The van der Waals surface area contributed by atoms with E-state index in [2.05, 4.69) is 46.2 Å². The molecule has 2 N–H and O–H groups in total. The molecule has 0 bridgehead atoms. The van der Waals surface area contributed by atoms with Crippen molar-refractivity contribution in [3.8, 4) is 11.1 Å². The molecular weight excluding hydrogens is 328 g/mol. The summed E-state index contributed by atoms with van der Waals surface area (Å²) in [6.45, 7) is 3.50. The van der Waals surface area contributed by atoms with Crippen molar-refractivity contribution in [2.24, 2.45) is 0 Å². The first-order valence-electron chi connectivity index (χ1n) is 9.28. The first-order valence-corrected chi connectivity index (χ1v) is 10.4. The number of hydrogen-bond donors (Lipinski definition) is 2. The van der Waals surface area contributed by atoms with Crippen molar-refractivity contribution in [2.45, 2.75) is 30.7 Å². The molecule has 3 nitrogen and oxygen atoms in total. The number of aliphatic hydroxyl groups is 1. The van der Waals surface area contributed by atoms with E-state index >= 15 is 0 Å². The van der Waals surface area contributed by atoms with Crippen LogP contribution in [0, 0.1) is 0 Å². The van der Waals surface area contributed by atoms with Crippen LogP contribution in [0.1, 0.15) is 29.0 Å². The maximum atomic E-state index is 9.76. The Kier molecular flexibility index (Phi) is 4.00. The lowest BCUT2D eigenvalue weighted by atomic mass is 9.87. The van der Waals surface area contributed by atoms with E-state index in [4.69, 9.17) is 0 Å². The van der Waals surface area contributed by atoms with Crippen LogP contribution >= 0.6 is 11.8 Å². The van der Waals surface area contributed by atoms with E-state index in [-0.39, 0.29) is 6.61 Å². The first kappa shape index (κ1) is 15.7. The molecule has 2 aromatic carbocycles. The number of benzene rings is 2. The SMILES string of the molecule is OCc1ccccc1-c1cc2c3c(c1)[C@@H]1CNCC[C@@H]1N3CCSC2. The van der Waals surface area contributed by atoms with E-state index in [0.717, 1.165) is 24.4 Å². The second-order valence-corrected chi connectivity index (χ2v) is 8.41. The second kappa shape index (κ2) is 6.35. The number of anilines is 1. The van der Waals surface area contributed by atoms with Gasteiger partial charge in [0.25, 0.3) is 0 Å². The number of piperidine rings is 1. The van der Waals surface area contributed by atoms with Crippen LogP contribution in [0.25, 0.3) is 11.1 Å². The van der Waals surface area contributed by atoms with Crippen LogP contribution in [-0.2, 0) is 12.4 Å². The molecule has 0 unspecified atom stereocenters. The molecule has 25 heavy (non-hydrogen) atoms. The Morgan fingerprint density at radius 3 is 3.08 bits per heavy atom. The van der Waals surface area contributed by atoms with Crippen molar-refractivity contribution in [3.63, 3.8) is 0 Å². The van der Waals surface area contributed by atoms with Gasteiger partial charge in [-0.15, -0.1) is 0 Å². The van der Waals surface area contributed by atoms with Crippen LogP contribution in [0.4, 0.5) is 5.69 Å². The predicted octanol–water partition coefficient (Wildman–Crippen LogP) is 3.36. The molecule has 0 radical (unpaired) electrons. The highest BCUT2D eigenvalue weighted by Crippen LogP contribution is 2.49. The van der Waals surface area contributed by atoms with Crippen LogP contribution in [0.2, 0.25) is 0 Å². The number of hydrogen-bond acceptors (Lipinski definition) is 4. The number of aliphatic hydroxyl groups excluding tert-OH is 1. The Labute approximate surface area is 153 Å². The average molecular weight is 353 g/mol. The summed E-state index contributed by atoms with van der Waals surface area (Å²) >= 11 is 2.05. The zero-order valence-electron chi connectivity index (χ0n) is 14.4. The largest absolute Gasteiger partial charge is 0.392 e. The summed E-state index contributed by atoms with van der Waals surface area (Å²) in [5, 5.41) is 13.4. The van der Waals surface area contributed by atoms with Gasteiger partial charge in [0.15, 0.2) is 0 Å². The van der Waals surface area contributed by atoms with Crippen LogP contribution in [0.15, 0.2) is 36.4 Å². The lowest BCUT2D eigenvalue weighted by Crippen LogP contribution is -2.44. The highest BCUT2D eigenvalue weighted by atomic mass is 32.2. The van der Waals surface area contributed by atoms with Gasteiger partial charge in [-0.25, -0.2) is 0 Å². The Morgan fingerprint density at radius 2 is 2.16 bits per heavy atom. The molecule has 4 heteroatoms. The fourth-order valence-corrected chi connectivity index (χ4v) is 5.79. The average Bonchev–Trinajstić information content (AvgIpc) is 2.83. The normalized spacial score (nSPS) is 24.6. The van der Waals surface area contributed by atoms with E-state index in [1.54, 1.807) is 0 Å². The zero-order valence-corrected chi connectivity index (χ0v) is 15.2. The van der Waals surface area contributed by atoms with Crippen LogP contribution in [0.3, 0.4) is 0 Å². The van der Waals surface area contributed by atoms with E-state index < -0.39 is 0 Å². The Morgan fingerprint density at radius 1 is 1.24 bits per heavy atom. The summed E-state index contributed by atoms with van der Waals surface area (Å²) in [6.07, 6.45) is 1.24. The third kappa shape index (κ3) is 2.50. The topological polar surface area (TPSA) is 35.5 Å². The predicted molar refractivity (Wildman–Crippen MR) is 105 cm³/mol. The van der Waals surface area contributed by atoms with Crippen molar-refractivity contribution in [1.29, 1.82) is 0 Å². The molecule has 5 rings (SSSR count). The van der Waals surface area contributed by atoms with Crippen molar-refractivity contribution < 1.29 is 5.11 Å². The van der Waals surface area contributed by atoms with Gasteiger partial charge in [0.1, 0.15) is 0 Å². The van der Waals surface area contributed by atoms with Gasteiger partial charge < -0.3 is 15.3 Å². The zero-order chi connectivity index (χ0) is 16.8. The molecule has 0 aromatic heterocycles. The molecule has 3 aliphatic rings. The summed E-state index contributed by atoms with van der Waals surface area (Å²) in [6, 6.07) is 13.7. The quantitative estimate of drug-likeness (QED) is 0.869. The van der Waals surface area contributed by atoms with Gasteiger partial charge in [0.2, 0.25) is 0 Å². The number of fused-ring (bicyclic) bond motifs is 3. The van der Waals surface area contributed by atoms with E-state index in [1.807, 2.05) is 12.1 Å². The number of rotatable bonds is 2. The third-order valence-electron chi connectivity index (χ3n) is 5.98. The monoisotopic (exact) mass is 352 g/mol. The summed E-state index contributed by atoms with van der Waals surface area (Å²) in [5.41, 5.74) is 8.00. The van der Waals surface area contributed by atoms with Gasteiger partial charge in [-0.3, -0.25) is 0 Å². The molecule has 2 aromatic rings. The summed E-state index contributed by atoms with van der Waals surface area (Å²) in [4.78, 5) is 2.71. The minimum Gasteiger partial charge on any atom is -0.392 e. The van der Waals surface area contributed by atoms with Crippen LogP contribution < -0.4 is 10.2 Å². The fraction of sp³-hybridized carbons (Fsp3) is 0.429. The maximum absolute atomic E-state index is 9.76. The highest BCUT2D eigenvalue weighted by Gasteiger charge is 2.41. The summed E-state index contributed by atoms with van der Waals surface area (Å²) in [5.74, 6) is 2.92. The third-order valence-corrected chi connectivity index (χ3v) is 6.97. The van der Waals surface area contributed by atoms with Crippen molar-refractivity contribution >= 4 is 17.4 Å². The molecule has 0 amide bonds. The van der Waals surface area contributed by atoms with Crippen molar-refractivity contribution in [1.82, 2.24) is 5.32 Å². The lowest BCUT2D eigenvalue weighted by molar-refractivity contribution is 0.282. The smallest absolute Gasteiger partial charge is 0.0687 e. The number of nitrogens with zero attached hydrogens (tertiary/aromatic N) is 1. The molecule has 0 aliphatic carbocycles. The summed E-state index contributed by atoms with van der Waals surface area (Å²) < 4.78 is 0. The van der Waals surface area contributed by atoms with Gasteiger partial charge in [-0.1, -0.05) is 24.3 Å². The highest BCUT2D eigenvalue weighted by molar-refractivity contribution is 7.98. The van der Waals surface area contributed by atoms with E-state index in [9.17, 15) is 5.11 Å². The Bertz CT molecular complexity index is 806. The molecule has 3 heterocycles.